The molecule has 2 N–H and O–H groups in total. The van der Waals surface area contributed by atoms with Crippen LogP contribution in [0.1, 0.15) is 27.2 Å². The predicted molar refractivity (Wildman–Crippen MR) is 75.9 cm³/mol. The Morgan fingerprint density at radius 3 is 2.61 bits per heavy atom. The molecule has 0 aliphatic carbocycles. The van der Waals surface area contributed by atoms with Gasteiger partial charge in [-0.15, -0.1) is 0 Å². The molecule has 0 saturated heterocycles. The van der Waals surface area contributed by atoms with Gasteiger partial charge in [0.05, 0.1) is 17.7 Å². The van der Waals surface area contributed by atoms with Crippen molar-refractivity contribution in [1.29, 1.82) is 0 Å². The molecule has 1 rings (SSSR count). The summed E-state index contributed by atoms with van der Waals surface area (Å²) in [5, 5.41) is 0. The molecular formula is C13H28N4O. The average Bonchev–Trinajstić information content (AvgIpc) is 2.51. The molecule has 1 aliphatic rings. The number of likely N-dealkylation sites (N-methyl/N-ethyl adjacent to an activating group) is 1. The molecule has 1 atom stereocenters. The summed E-state index contributed by atoms with van der Waals surface area (Å²) in [6, 6.07) is 0. The maximum Gasteiger partial charge on any atom is 0.191 e. The Kier molecular flexibility index (Phi) is 4.61. The molecular weight excluding hydrogens is 228 g/mol. The summed E-state index contributed by atoms with van der Waals surface area (Å²) in [5.74, 6) is 0.659. The first-order chi connectivity index (χ1) is 8.20. The molecule has 1 unspecified atom stereocenters. The Balaban J connectivity index is 2.74. The van der Waals surface area contributed by atoms with E-state index in [4.69, 9.17) is 10.5 Å². The van der Waals surface area contributed by atoms with Crippen LogP contribution < -0.4 is 5.73 Å². The number of aliphatic imine (C=N–C) groups is 1. The topological polar surface area (TPSA) is 54.1 Å². The van der Waals surface area contributed by atoms with E-state index in [2.05, 4.69) is 49.7 Å². The van der Waals surface area contributed by atoms with Gasteiger partial charge in [-0.2, -0.15) is 0 Å². The molecule has 0 aromatic heterocycles. The number of rotatable bonds is 6. The van der Waals surface area contributed by atoms with Gasteiger partial charge in [0.25, 0.3) is 0 Å². The van der Waals surface area contributed by atoms with Crippen LogP contribution in [0.3, 0.4) is 0 Å². The van der Waals surface area contributed by atoms with E-state index in [-0.39, 0.29) is 11.1 Å². The van der Waals surface area contributed by atoms with Crippen LogP contribution in [-0.2, 0) is 4.74 Å². The average molecular weight is 256 g/mol. The Bertz CT molecular complexity index is 314. The van der Waals surface area contributed by atoms with Crippen molar-refractivity contribution in [3.63, 3.8) is 0 Å². The molecule has 1 heterocycles. The zero-order chi connectivity index (χ0) is 14.0. The molecule has 18 heavy (non-hydrogen) atoms. The fourth-order valence-corrected chi connectivity index (χ4v) is 2.52. The van der Waals surface area contributed by atoms with Crippen LogP contribution in [0.5, 0.6) is 0 Å². The van der Waals surface area contributed by atoms with Crippen molar-refractivity contribution >= 4 is 5.96 Å². The highest BCUT2D eigenvalue weighted by Crippen LogP contribution is 2.31. The minimum absolute atomic E-state index is 0.0421. The summed E-state index contributed by atoms with van der Waals surface area (Å²) < 4.78 is 5.55. The van der Waals surface area contributed by atoms with Crippen molar-refractivity contribution < 1.29 is 4.74 Å². The number of nitrogens with two attached hydrogens (primary N) is 1. The molecule has 1 aliphatic heterocycles. The molecule has 0 saturated carbocycles. The highest BCUT2D eigenvalue weighted by atomic mass is 16.5. The Hall–Kier alpha value is -0.810. The fourth-order valence-electron chi connectivity index (χ4n) is 2.52. The molecule has 0 fully saturated rings. The van der Waals surface area contributed by atoms with Crippen LogP contribution >= 0.6 is 0 Å². The van der Waals surface area contributed by atoms with Gasteiger partial charge < -0.3 is 20.3 Å². The van der Waals surface area contributed by atoms with Crippen molar-refractivity contribution in [2.75, 3.05) is 40.8 Å². The van der Waals surface area contributed by atoms with E-state index in [1.807, 2.05) is 0 Å². The van der Waals surface area contributed by atoms with Gasteiger partial charge in [0.15, 0.2) is 5.96 Å². The SMILES string of the molecule is COC(C)(C)CC1(C)CN=C(N)N1CCN(C)C. The second kappa shape index (κ2) is 5.45. The maximum atomic E-state index is 6.02. The van der Waals surface area contributed by atoms with Crippen LogP contribution in [0.4, 0.5) is 0 Å². The third kappa shape index (κ3) is 3.59. The molecule has 5 heteroatoms. The first kappa shape index (κ1) is 15.2. The molecule has 0 spiro atoms. The first-order valence-electron chi connectivity index (χ1n) is 6.48. The number of ether oxygens (including phenoxy) is 1. The van der Waals surface area contributed by atoms with Crippen LogP contribution in [0.25, 0.3) is 0 Å². The summed E-state index contributed by atoms with van der Waals surface area (Å²) in [4.78, 5) is 8.79. The third-order valence-electron chi connectivity index (χ3n) is 3.64. The van der Waals surface area contributed by atoms with Crippen LogP contribution in [-0.4, -0.2) is 67.7 Å². The Labute approximate surface area is 111 Å². The van der Waals surface area contributed by atoms with Gasteiger partial charge in [-0.1, -0.05) is 0 Å². The van der Waals surface area contributed by atoms with Crippen LogP contribution in [0.2, 0.25) is 0 Å². The lowest BCUT2D eigenvalue weighted by atomic mass is 9.87. The summed E-state index contributed by atoms with van der Waals surface area (Å²) in [7, 11) is 5.90. The lowest BCUT2D eigenvalue weighted by Gasteiger charge is -2.41. The fraction of sp³-hybridized carbons (Fsp3) is 0.923. The lowest BCUT2D eigenvalue weighted by molar-refractivity contribution is -0.0176. The van der Waals surface area contributed by atoms with Crippen molar-refractivity contribution in [2.24, 2.45) is 10.7 Å². The summed E-state index contributed by atoms with van der Waals surface area (Å²) in [5.41, 5.74) is 5.81. The van der Waals surface area contributed by atoms with E-state index in [0.29, 0.717) is 5.96 Å². The van der Waals surface area contributed by atoms with Gasteiger partial charge in [0, 0.05) is 26.6 Å². The van der Waals surface area contributed by atoms with Gasteiger partial charge in [-0.05, 0) is 34.9 Å². The van der Waals surface area contributed by atoms with Crippen LogP contribution in [0.15, 0.2) is 4.99 Å². The predicted octanol–water partition coefficient (Wildman–Crippen LogP) is 0.752. The molecule has 0 amide bonds. The number of hydrogen-bond acceptors (Lipinski definition) is 5. The number of methoxy groups -OCH3 is 1. The van der Waals surface area contributed by atoms with E-state index >= 15 is 0 Å². The standard InChI is InChI=1S/C13H28N4O/c1-12(2,18-6)9-13(3)10-15-11(14)17(13)8-7-16(4)5/h7-10H2,1-6H3,(H2,14,15). The molecule has 0 aromatic rings. The quantitative estimate of drug-likeness (QED) is 0.762. The molecule has 106 valence electrons. The Morgan fingerprint density at radius 2 is 2.11 bits per heavy atom. The summed E-state index contributed by atoms with van der Waals surface area (Å²) in [6.07, 6.45) is 0.911. The lowest BCUT2D eigenvalue weighted by Crippen LogP contribution is -2.54. The zero-order valence-corrected chi connectivity index (χ0v) is 12.7. The maximum absolute atomic E-state index is 6.02. The van der Waals surface area contributed by atoms with Gasteiger partial charge >= 0.3 is 0 Å². The minimum atomic E-state index is -0.161. The molecule has 5 nitrogen and oxygen atoms in total. The Morgan fingerprint density at radius 1 is 1.50 bits per heavy atom. The minimum Gasteiger partial charge on any atom is -0.379 e. The number of hydrogen-bond donors (Lipinski definition) is 1. The second-order valence-electron chi connectivity index (χ2n) is 6.27. The monoisotopic (exact) mass is 256 g/mol. The van der Waals surface area contributed by atoms with Crippen molar-refractivity contribution in [3.05, 3.63) is 0 Å². The van der Waals surface area contributed by atoms with Crippen molar-refractivity contribution in [1.82, 2.24) is 9.80 Å². The van der Waals surface area contributed by atoms with Gasteiger partial charge in [0.1, 0.15) is 0 Å². The summed E-state index contributed by atoms with van der Waals surface area (Å²) >= 11 is 0. The smallest absolute Gasteiger partial charge is 0.191 e. The zero-order valence-electron chi connectivity index (χ0n) is 12.7. The summed E-state index contributed by atoms with van der Waals surface area (Å²) in [6.45, 7) is 9.05. The highest BCUT2D eigenvalue weighted by molar-refractivity contribution is 5.81. The van der Waals surface area contributed by atoms with Gasteiger partial charge in [0.2, 0.25) is 0 Å². The van der Waals surface area contributed by atoms with Crippen LogP contribution in [0, 0.1) is 0 Å². The normalized spacial score (nSPS) is 24.8. The van der Waals surface area contributed by atoms with E-state index < -0.39 is 0 Å². The molecule has 0 radical (unpaired) electrons. The van der Waals surface area contributed by atoms with E-state index in [1.54, 1.807) is 7.11 Å². The first-order valence-corrected chi connectivity index (χ1v) is 6.48. The van der Waals surface area contributed by atoms with Gasteiger partial charge in [-0.25, -0.2) is 0 Å². The van der Waals surface area contributed by atoms with Crippen molar-refractivity contribution in [2.45, 2.75) is 38.3 Å². The molecule has 0 aromatic carbocycles. The molecule has 0 bridgehead atoms. The largest absolute Gasteiger partial charge is 0.379 e. The van der Waals surface area contributed by atoms with Gasteiger partial charge in [-0.3, -0.25) is 4.99 Å². The second-order valence-corrected chi connectivity index (χ2v) is 6.27. The van der Waals surface area contributed by atoms with E-state index in [1.165, 1.54) is 0 Å². The third-order valence-corrected chi connectivity index (χ3v) is 3.64. The number of guanidine groups is 1. The highest BCUT2D eigenvalue weighted by Gasteiger charge is 2.41. The van der Waals surface area contributed by atoms with Crippen molar-refractivity contribution in [3.8, 4) is 0 Å². The van der Waals surface area contributed by atoms with E-state index in [9.17, 15) is 0 Å². The number of nitrogens with zero attached hydrogens (tertiary/aromatic N) is 3. The van der Waals surface area contributed by atoms with E-state index in [0.717, 1.165) is 26.1 Å².